The van der Waals surface area contributed by atoms with Gasteiger partial charge in [-0.25, -0.2) is 9.18 Å². The van der Waals surface area contributed by atoms with Crippen molar-refractivity contribution in [3.8, 4) is 0 Å². The van der Waals surface area contributed by atoms with E-state index in [9.17, 15) is 19.4 Å². The van der Waals surface area contributed by atoms with Crippen LogP contribution in [-0.2, 0) is 11.3 Å². The molecule has 2 aromatic carbocycles. The fraction of sp³-hybridized carbons (Fsp3) is 0.278. The van der Waals surface area contributed by atoms with Crippen molar-refractivity contribution in [1.82, 2.24) is 5.32 Å². The maximum Gasteiger partial charge on any atom is 0.407 e. The second-order valence-electron chi connectivity index (χ2n) is 5.43. The molecule has 0 heterocycles. The van der Waals surface area contributed by atoms with Crippen molar-refractivity contribution >= 4 is 6.09 Å². The molecule has 24 heavy (non-hydrogen) atoms. The first-order chi connectivity index (χ1) is 11.5. The number of rotatable bonds is 6. The number of aliphatic hydroxyl groups is 2. The SMILES string of the molecule is Cc1cccc(F)c1C(O)C(O)CNC(=O)OCc1ccccc1. The number of hydrogen-bond donors (Lipinski definition) is 3. The Morgan fingerprint density at radius 1 is 1.17 bits per heavy atom. The van der Waals surface area contributed by atoms with E-state index in [0.717, 1.165) is 5.56 Å². The van der Waals surface area contributed by atoms with Gasteiger partial charge in [0.1, 0.15) is 24.6 Å². The number of nitrogens with one attached hydrogen (secondary N) is 1. The number of ether oxygens (including phenoxy) is 1. The van der Waals surface area contributed by atoms with Crippen LogP contribution in [0.2, 0.25) is 0 Å². The van der Waals surface area contributed by atoms with Crippen molar-refractivity contribution in [2.45, 2.75) is 25.7 Å². The second kappa shape index (κ2) is 8.42. The molecular formula is C18H20FNO4. The van der Waals surface area contributed by atoms with E-state index in [1.165, 1.54) is 12.1 Å². The first-order valence-electron chi connectivity index (χ1n) is 7.54. The van der Waals surface area contributed by atoms with Crippen LogP contribution in [0.1, 0.15) is 22.8 Å². The smallest absolute Gasteiger partial charge is 0.407 e. The van der Waals surface area contributed by atoms with Gasteiger partial charge in [-0.2, -0.15) is 0 Å². The molecule has 0 saturated heterocycles. The van der Waals surface area contributed by atoms with Gasteiger partial charge in [-0.05, 0) is 24.1 Å². The predicted molar refractivity (Wildman–Crippen MR) is 86.7 cm³/mol. The Labute approximate surface area is 139 Å². The van der Waals surface area contributed by atoms with Crippen molar-refractivity contribution in [3.63, 3.8) is 0 Å². The number of carbonyl (C=O) groups excluding carboxylic acids is 1. The molecule has 0 aromatic heterocycles. The molecule has 3 N–H and O–H groups in total. The third-order valence-electron chi connectivity index (χ3n) is 3.60. The lowest BCUT2D eigenvalue weighted by Crippen LogP contribution is -2.36. The van der Waals surface area contributed by atoms with E-state index in [2.05, 4.69) is 5.32 Å². The van der Waals surface area contributed by atoms with E-state index < -0.39 is 24.1 Å². The summed E-state index contributed by atoms with van der Waals surface area (Å²) in [4.78, 5) is 11.6. The van der Waals surface area contributed by atoms with Gasteiger partial charge in [0, 0.05) is 12.1 Å². The minimum Gasteiger partial charge on any atom is -0.445 e. The molecule has 0 radical (unpaired) electrons. The molecule has 0 aliphatic rings. The molecule has 5 nitrogen and oxygen atoms in total. The van der Waals surface area contributed by atoms with Gasteiger partial charge >= 0.3 is 6.09 Å². The van der Waals surface area contributed by atoms with E-state index >= 15 is 0 Å². The van der Waals surface area contributed by atoms with Crippen LogP contribution >= 0.6 is 0 Å². The van der Waals surface area contributed by atoms with E-state index in [4.69, 9.17) is 4.74 Å². The molecule has 0 spiro atoms. The van der Waals surface area contributed by atoms with Gasteiger partial charge < -0.3 is 20.3 Å². The van der Waals surface area contributed by atoms with Gasteiger partial charge in [0.2, 0.25) is 0 Å². The number of carbonyl (C=O) groups is 1. The molecule has 0 aliphatic heterocycles. The largest absolute Gasteiger partial charge is 0.445 e. The lowest BCUT2D eigenvalue weighted by Gasteiger charge is -2.20. The summed E-state index contributed by atoms with van der Waals surface area (Å²) in [6, 6.07) is 13.5. The molecule has 128 valence electrons. The number of aryl methyl sites for hydroxylation is 1. The van der Waals surface area contributed by atoms with Crippen LogP contribution < -0.4 is 5.32 Å². The third kappa shape index (κ3) is 4.78. The molecular weight excluding hydrogens is 313 g/mol. The Kier molecular flexibility index (Phi) is 6.28. The van der Waals surface area contributed by atoms with Crippen LogP contribution in [0, 0.1) is 12.7 Å². The number of alkyl carbamates (subject to hydrolysis) is 1. The third-order valence-corrected chi connectivity index (χ3v) is 3.60. The average molecular weight is 333 g/mol. The van der Waals surface area contributed by atoms with Gasteiger partial charge in [0.25, 0.3) is 0 Å². The van der Waals surface area contributed by atoms with Gasteiger partial charge in [0.15, 0.2) is 0 Å². The normalized spacial score (nSPS) is 13.2. The Morgan fingerprint density at radius 3 is 2.54 bits per heavy atom. The summed E-state index contributed by atoms with van der Waals surface area (Å²) in [5, 5.41) is 22.4. The standard InChI is InChI=1S/C18H20FNO4/c1-12-6-5-9-14(19)16(12)17(22)15(21)10-20-18(23)24-11-13-7-3-2-4-8-13/h2-9,15,17,21-22H,10-11H2,1H3,(H,20,23). The zero-order chi connectivity index (χ0) is 17.5. The molecule has 6 heteroatoms. The van der Waals surface area contributed by atoms with E-state index in [1.807, 2.05) is 30.3 Å². The molecule has 1 amide bonds. The van der Waals surface area contributed by atoms with Gasteiger partial charge in [-0.1, -0.05) is 42.5 Å². The summed E-state index contributed by atoms with van der Waals surface area (Å²) in [5.41, 5.74) is 1.37. The lowest BCUT2D eigenvalue weighted by molar-refractivity contribution is 0.0160. The zero-order valence-corrected chi connectivity index (χ0v) is 13.3. The maximum absolute atomic E-state index is 13.8. The van der Waals surface area contributed by atoms with Crippen LogP contribution in [0.15, 0.2) is 48.5 Å². The predicted octanol–water partition coefficient (Wildman–Crippen LogP) is 2.45. The summed E-state index contributed by atoms with van der Waals surface area (Å²) >= 11 is 0. The van der Waals surface area contributed by atoms with Crippen molar-refractivity contribution in [1.29, 1.82) is 0 Å². The summed E-state index contributed by atoms with van der Waals surface area (Å²) in [6.07, 6.45) is -3.53. The Balaban J connectivity index is 1.83. The van der Waals surface area contributed by atoms with Crippen LogP contribution in [0.4, 0.5) is 9.18 Å². The Morgan fingerprint density at radius 2 is 1.88 bits per heavy atom. The monoisotopic (exact) mass is 333 g/mol. The Bertz CT molecular complexity index is 658. The fourth-order valence-electron chi connectivity index (χ4n) is 2.29. The molecule has 0 saturated carbocycles. The van der Waals surface area contributed by atoms with Crippen molar-refractivity contribution in [2.24, 2.45) is 0 Å². The van der Waals surface area contributed by atoms with Crippen LogP contribution in [0.3, 0.4) is 0 Å². The summed E-state index contributed by atoms with van der Waals surface area (Å²) < 4.78 is 18.8. The molecule has 2 unspecified atom stereocenters. The molecule has 0 aliphatic carbocycles. The number of halogens is 1. The van der Waals surface area contributed by atoms with Gasteiger partial charge in [-0.3, -0.25) is 0 Å². The van der Waals surface area contributed by atoms with Gasteiger partial charge in [-0.15, -0.1) is 0 Å². The van der Waals surface area contributed by atoms with E-state index in [-0.39, 0.29) is 18.7 Å². The van der Waals surface area contributed by atoms with Crippen molar-refractivity contribution in [2.75, 3.05) is 6.54 Å². The van der Waals surface area contributed by atoms with Crippen molar-refractivity contribution in [3.05, 3.63) is 71.0 Å². The molecule has 0 bridgehead atoms. The highest BCUT2D eigenvalue weighted by atomic mass is 19.1. The highest BCUT2D eigenvalue weighted by molar-refractivity contribution is 5.67. The summed E-state index contributed by atoms with van der Waals surface area (Å²) in [5.74, 6) is -0.604. The minimum atomic E-state index is -1.44. The van der Waals surface area contributed by atoms with E-state index in [1.54, 1.807) is 13.0 Å². The number of benzene rings is 2. The van der Waals surface area contributed by atoms with Crippen LogP contribution in [0.25, 0.3) is 0 Å². The second-order valence-corrected chi connectivity index (χ2v) is 5.43. The lowest BCUT2D eigenvalue weighted by atomic mass is 9.99. The van der Waals surface area contributed by atoms with Crippen LogP contribution in [-0.4, -0.2) is 29.0 Å². The van der Waals surface area contributed by atoms with E-state index in [0.29, 0.717) is 5.56 Å². The Hall–Kier alpha value is -2.44. The highest BCUT2D eigenvalue weighted by Crippen LogP contribution is 2.23. The maximum atomic E-state index is 13.8. The molecule has 2 aromatic rings. The van der Waals surface area contributed by atoms with Crippen molar-refractivity contribution < 1.29 is 24.1 Å². The fourth-order valence-corrected chi connectivity index (χ4v) is 2.29. The zero-order valence-electron chi connectivity index (χ0n) is 13.3. The minimum absolute atomic E-state index is 0.0180. The number of aliphatic hydroxyl groups excluding tert-OH is 2. The summed E-state index contributed by atoms with van der Waals surface area (Å²) in [6.45, 7) is 1.47. The molecule has 0 fully saturated rings. The molecule has 2 atom stereocenters. The quantitative estimate of drug-likeness (QED) is 0.759. The average Bonchev–Trinajstić information content (AvgIpc) is 2.58. The number of amides is 1. The number of hydrogen-bond acceptors (Lipinski definition) is 4. The van der Waals surface area contributed by atoms with Gasteiger partial charge in [0.05, 0.1) is 0 Å². The van der Waals surface area contributed by atoms with Crippen LogP contribution in [0.5, 0.6) is 0 Å². The first kappa shape index (κ1) is 17.9. The topological polar surface area (TPSA) is 78.8 Å². The first-order valence-corrected chi connectivity index (χ1v) is 7.54. The highest BCUT2D eigenvalue weighted by Gasteiger charge is 2.23. The molecule has 2 rings (SSSR count). The summed E-state index contributed by atoms with van der Waals surface area (Å²) in [7, 11) is 0.